The third kappa shape index (κ3) is 7.25. The SMILES string of the molecule is CCOC(=O)C1=C(O[Si](C)(C)C)C(=O)N(C2CCCCC2)/C1=C(\OCc1ccccc1)O[Si](C)(C)C. The van der Waals surface area contributed by atoms with Crippen LogP contribution >= 0.6 is 0 Å². The lowest BCUT2D eigenvalue weighted by Gasteiger charge is -2.34. The molecule has 0 N–H and O–H groups in total. The Hall–Kier alpha value is -2.53. The fraction of sp³-hybridized carbons (Fsp3) is 0.556. The van der Waals surface area contributed by atoms with Crippen LogP contribution in [0, 0.1) is 0 Å². The molecule has 0 bridgehead atoms. The van der Waals surface area contributed by atoms with Gasteiger partial charge in [0, 0.05) is 6.04 Å². The second-order valence-corrected chi connectivity index (χ2v) is 20.1. The van der Waals surface area contributed by atoms with E-state index in [0.717, 1.165) is 37.7 Å². The summed E-state index contributed by atoms with van der Waals surface area (Å²) < 4.78 is 24.5. The van der Waals surface area contributed by atoms with E-state index in [1.165, 1.54) is 0 Å². The predicted molar refractivity (Wildman–Crippen MR) is 144 cm³/mol. The number of carbonyl (C=O) groups excluding carboxylic acids is 2. The maximum Gasteiger partial charge on any atom is 0.344 e. The van der Waals surface area contributed by atoms with Crippen molar-refractivity contribution in [3.8, 4) is 0 Å². The molecule has 0 radical (unpaired) electrons. The molecule has 0 saturated heterocycles. The zero-order chi connectivity index (χ0) is 26.5. The average molecular weight is 532 g/mol. The third-order valence-electron chi connectivity index (χ3n) is 5.75. The highest BCUT2D eigenvalue weighted by atomic mass is 28.4. The molecule has 0 aromatic heterocycles. The molecule has 1 saturated carbocycles. The maximum atomic E-state index is 14.0. The molecule has 3 rings (SSSR count). The molecule has 1 fully saturated rings. The lowest BCUT2D eigenvalue weighted by atomic mass is 9.94. The van der Waals surface area contributed by atoms with Gasteiger partial charge in [-0.1, -0.05) is 49.6 Å². The van der Waals surface area contributed by atoms with Crippen LogP contribution in [0.2, 0.25) is 39.3 Å². The highest BCUT2D eigenvalue weighted by molar-refractivity contribution is 6.70. The average Bonchev–Trinajstić information content (AvgIpc) is 3.08. The summed E-state index contributed by atoms with van der Waals surface area (Å²) in [5.74, 6) is -0.628. The van der Waals surface area contributed by atoms with E-state index in [0.29, 0.717) is 5.70 Å². The lowest BCUT2D eigenvalue weighted by Crippen LogP contribution is -2.40. The van der Waals surface area contributed by atoms with Crippen molar-refractivity contribution < 1.29 is 27.9 Å². The van der Waals surface area contributed by atoms with Crippen LogP contribution in [0.1, 0.15) is 44.6 Å². The third-order valence-corrected chi connectivity index (χ3v) is 7.36. The zero-order valence-corrected chi connectivity index (χ0v) is 24.8. The van der Waals surface area contributed by atoms with E-state index >= 15 is 0 Å². The van der Waals surface area contributed by atoms with Crippen LogP contribution in [-0.2, 0) is 34.5 Å². The Balaban J connectivity index is 2.22. The van der Waals surface area contributed by atoms with E-state index in [1.54, 1.807) is 11.8 Å². The largest absolute Gasteiger partial charge is 0.540 e. The van der Waals surface area contributed by atoms with Crippen LogP contribution in [0.25, 0.3) is 0 Å². The number of ether oxygens (including phenoxy) is 2. The van der Waals surface area contributed by atoms with Crippen LogP contribution in [0.4, 0.5) is 0 Å². The Morgan fingerprint density at radius 2 is 1.58 bits per heavy atom. The first kappa shape index (κ1) is 28.1. The van der Waals surface area contributed by atoms with Gasteiger partial charge in [0.25, 0.3) is 11.9 Å². The molecule has 1 aliphatic heterocycles. The second-order valence-electron chi connectivity index (χ2n) is 11.2. The quantitative estimate of drug-likeness (QED) is 0.207. The number of hydrogen-bond acceptors (Lipinski definition) is 6. The summed E-state index contributed by atoms with van der Waals surface area (Å²) >= 11 is 0. The molecule has 36 heavy (non-hydrogen) atoms. The minimum atomic E-state index is -2.24. The molecule has 2 aliphatic rings. The molecule has 1 aromatic rings. The Labute approximate surface area is 217 Å². The standard InChI is InChI=1S/C27H41NO6Si2/c1-8-31-26(30)22-23(27(34-36(5,6)7)32-19-20-15-11-9-12-16-20)28(21-17-13-10-14-18-21)25(29)24(22)33-35(2,3)4/h9,11-12,15-16,21H,8,10,13-14,17-19H2,1-7H3/b27-23+. The number of rotatable bonds is 10. The summed E-state index contributed by atoms with van der Waals surface area (Å²) in [6.07, 6.45) is 4.89. The summed E-state index contributed by atoms with van der Waals surface area (Å²) in [5, 5.41) is 0. The van der Waals surface area contributed by atoms with E-state index in [4.69, 9.17) is 18.3 Å². The summed E-state index contributed by atoms with van der Waals surface area (Å²) in [6, 6.07) is 9.72. The van der Waals surface area contributed by atoms with Gasteiger partial charge in [0.15, 0.2) is 5.76 Å². The number of amides is 1. The predicted octanol–water partition coefficient (Wildman–Crippen LogP) is 6.07. The van der Waals surface area contributed by atoms with Gasteiger partial charge in [-0.3, -0.25) is 9.69 Å². The molecule has 7 nitrogen and oxygen atoms in total. The van der Waals surface area contributed by atoms with Crippen LogP contribution in [-0.4, -0.2) is 46.1 Å². The van der Waals surface area contributed by atoms with Crippen LogP contribution in [0.3, 0.4) is 0 Å². The Bertz CT molecular complexity index is 1000. The van der Waals surface area contributed by atoms with Crippen LogP contribution in [0.5, 0.6) is 0 Å². The van der Waals surface area contributed by atoms with Gasteiger partial charge in [-0.25, -0.2) is 4.79 Å². The molecule has 0 atom stereocenters. The first-order valence-electron chi connectivity index (χ1n) is 13.0. The molecule has 1 aliphatic carbocycles. The highest BCUT2D eigenvalue weighted by Crippen LogP contribution is 2.40. The number of carbonyl (C=O) groups is 2. The molecule has 0 spiro atoms. The fourth-order valence-corrected chi connectivity index (χ4v) is 5.89. The van der Waals surface area contributed by atoms with Gasteiger partial charge >= 0.3 is 5.97 Å². The zero-order valence-electron chi connectivity index (χ0n) is 22.8. The van der Waals surface area contributed by atoms with Gasteiger partial charge in [0.05, 0.1) is 6.61 Å². The van der Waals surface area contributed by atoms with Gasteiger partial charge < -0.3 is 18.3 Å². The summed E-state index contributed by atoms with van der Waals surface area (Å²) in [4.78, 5) is 29.1. The first-order valence-corrected chi connectivity index (χ1v) is 19.8. The van der Waals surface area contributed by atoms with Crippen molar-refractivity contribution in [1.29, 1.82) is 0 Å². The van der Waals surface area contributed by atoms with Crippen molar-refractivity contribution in [3.05, 3.63) is 58.9 Å². The Morgan fingerprint density at radius 1 is 0.944 bits per heavy atom. The Morgan fingerprint density at radius 3 is 2.14 bits per heavy atom. The normalized spacial score (nSPS) is 18.9. The summed E-state index contributed by atoms with van der Waals surface area (Å²) in [6.45, 7) is 14.3. The van der Waals surface area contributed by atoms with E-state index in [9.17, 15) is 9.59 Å². The minimum absolute atomic E-state index is 0.0611. The van der Waals surface area contributed by atoms with E-state index in [2.05, 4.69) is 0 Å². The number of benzene rings is 1. The van der Waals surface area contributed by atoms with Gasteiger partial charge in [0.1, 0.15) is 17.9 Å². The minimum Gasteiger partial charge on any atom is -0.540 e. The highest BCUT2D eigenvalue weighted by Gasteiger charge is 2.48. The number of hydrogen-bond donors (Lipinski definition) is 0. The van der Waals surface area contributed by atoms with Crippen molar-refractivity contribution in [1.82, 2.24) is 4.90 Å². The van der Waals surface area contributed by atoms with Gasteiger partial charge in [0.2, 0.25) is 16.6 Å². The van der Waals surface area contributed by atoms with Crippen LogP contribution < -0.4 is 0 Å². The Kier molecular flexibility index (Phi) is 9.10. The molecule has 1 aromatic carbocycles. The van der Waals surface area contributed by atoms with Crippen molar-refractivity contribution in [2.75, 3.05) is 6.61 Å². The van der Waals surface area contributed by atoms with Crippen molar-refractivity contribution in [3.63, 3.8) is 0 Å². The molecular weight excluding hydrogens is 490 g/mol. The number of nitrogens with zero attached hydrogens (tertiary/aromatic N) is 1. The van der Waals surface area contributed by atoms with E-state index in [-0.39, 0.29) is 42.4 Å². The van der Waals surface area contributed by atoms with Crippen LogP contribution in [0.15, 0.2) is 53.3 Å². The van der Waals surface area contributed by atoms with Crippen molar-refractivity contribution in [2.45, 2.75) is 91.0 Å². The maximum absolute atomic E-state index is 14.0. The molecule has 198 valence electrons. The smallest absolute Gasteiger partial charge is 0.344 e. The van der Waals surface area contributed by atoms with E-state index in [1.807, 2.05) is 69.6 Å². The summed E-state index contributed by atoms with van der Waals surface area (Å²) in [5.41, 5.74) is 1.44. The van der Waals surface area contributed by atoms with E-state index < -0.39 is 22.6 Å². The van der Waals surface area contributed by atoms with Gasteiger partial charge in [-0.05, 0) is 64.6 Å². The molecule has 1 amide bonds. The molecule has 1 heterocycles. The molecule has 0 unspecified atom stereocenters. The fourth-order valence-electron chi connectivity index (χ4n) is 4.37. The molecular formula is C27H41NO6Si2. The summed E-state index contributed by atoms with van der Waals surface area (Å²) in [7, 11) is -4.45. The van der Waals surface area contributed by atoms with Crippen molar-refractivity contribution in [2.24, 2.45) is 0 Å². The topological polar surface area (TPSA) is 74.3 Å². The van der Waals surface area contributed by atoms with Gasteiger partial charge in [-0.15, -0.1) is 0 Å². The monoisotopic (exact) mass is 531 g/mol. The van der Waals surface area contributed by atoms with Crippen molar-refractivity contribution >= 4 is 28.5 Å². The lowest BCUT2D eigenvalue weighted by molar-refractivity contribution is -0.138. The second kappa shape index (κ2) is 11.7. The first-order chi connectivity index (χ1) is 16.9. The number of esters is 1. The van der Waals surface area contributed by atoms with Gasteiger partial charge in [-0.2, -0.15) is 0 Å². The molecule has 9 heteroatoms.